The van der Waals surface area contributed by atoms with Gasteiger partial charge in [0, 0.05) is 12.6 Å². The Labute approximate surface area is 110 Å². The number of hydrogen-bond acceptors (Lipinski definition) is 3. The lowest BCUT2D eigenvalue weighted by atomic mass is 9.77. The first-order valence-corrected chi connectivity index (χ1v) is 7.30. The van der Waals surface area contributed by atoms with E-state index in [0.717, 1.165) is 19.0 Å². The van der Waals surface area contributed by atoms with Crippen molar-refractivity contribution >= 4 is 5.91 Å². The monoisotopic (exact) mass is 253 g/mol. The molecule has 2 fully saturated rings. The van der Waals surface area contributed by atoms with E-state index in [2.05, 4.69) is 10.3 Å². The Balaban J connectivity index is 2.01. The highest BCUT2D eigenvalue weighted by molar-refractivity contribution is 5.81. The van der Waals surface area contributed by atoms with Gasteiger partial charge in [-0.3, -0.25) is 15.1 Å². The summed E-state index contributed by atoms with van der Waals surface area (Å²) in [6.07, 6.45) is 8.09. The lowest BCUT2D eigenvalue weighted by Gasteiger charge is -2.46. The van der Waals surface area contributed by atoms with Crippen molar-refractivity contribution in [3.63, 3.8) is 0 Å². The van der Waals surface area contributed by atoms with Crippen LogP contribution in [0.15, 0.2) is 0 Å². The largest absolute Gasteiger partial charge is 0.299 e. The molecule has 4 nitrogen and oxygen atoms in total. The van der Waals surface area contributed by atoms with Crippen LogP contribution in [0.25, 0.3) is 0 Å². The van der Waals surface area contributed by atoms with E-state index in [0.29, 0.717) is 6.04 Å². The minimum atomic E-state index is -0.395. The maximum absolute atomic E-state index is 11.8. The SMILES string of the molecule is CC(C)(CN1CCC[C@H]2CCCC[C@H]21)C(=O)NN. The number of likely N-dealkylation sites (tertiary alicyclic amines) is 1. The average Bonchev–Trinajstić information content (AvgIpc) is 2.38. The van der Waals surface area contributed by atoms with E-state index in [4.69, 9.17) is 5.84 Å². The molecule has 1 aliphatic heterocycles. The third-order valence-corrected chi connectivity index (χ3v) is 4.70. The number of nitrogens with two attached hydrogens (primary N) is 1. The zero-order chi connectivity index (χ0) is 13.2. The first kappa shape index (κ1) is 13.8. The first-order chi connectivity index (χ1) is 8.54. The molecular formula is C14H27N3O. The number of nitrogens with zero attached hydrogens (tertiary/aromatic N) is 1. The van der Waals surface area contributed by atoms with Gasteiger partial charge in [0.05, 0.1) is 5.41 Å². The van der Waals surface area contributed by atoms with Crippen molar-refractivity contribution in [2.24, 2.45) is 17.2 Å². The molecule has 0 aromatic heterocycles. The second-order valence-corrected chi connectivity index (χ2v) is 6.58. The van der Waals surface area contributed by atoms with Crippen molar-refractivity contribution in [1.82, 2.24) is 10.3 Å². The highest BCUT2D eigenvalue weighted by Crippen LogP contribution is 2.36. The Morgan fingerprint density at radius 1 is 1.28 bits per heavy atom. The smallest absolute Gasteiger partial charge is 0.240 e. The van der Waals surface area contributed by atoms with Crippen molar-refractivity contribution < 1.29 is 4.79 Å². The molecule has 1 saturated heterocycles. The van der Waals surface area contributed by atoms with Crippen LogP contribution in [0.4, 0.5) is 0 Å². The number of piperidine rings is 1. The summed E-state index contributed by atoms with van der Waals surface area (Å²) in [5, 5.41) is 0. The number of amides is 1. The quantitative estimate of drug-likeness (QED) is 0.457. The fourth-order valence-electron chi connectivity index (χ4n) is 3.70. The van der Waals surface area contributed by atoms with Gasteiger partial charge in [-0.15, -0.1) is 0 Å². The van der Waals surface area contributed by atoms with Crippen molar-refractivity contribution in [3.8, 4) is 0 Å². The highest BCUT2D eigenvalue weighted by atomic mass is 16.2. The number of hydrogen-bond donors (Lipinski definition) is 2. The summed E-state index contributed by atoms with van der Waals surface area (Å²) in [5.74, 6) is 6.09. The molecule has 18 heavy (non-hydrogen) atoms. The Morgan fingerprint density at radius 2 is 1.94 bits per heavy atom. The Morgan fingerprint density at radius 3 is 2.67 bits per heavy atom. The number of carbonyl (C=O) groups excluding carboxylic acids is 1. The summed E-state index contributed by atoms with van der Waals surface area (Å²) in [5.41, 5.74) is 1.91. The number of fused-ring (bicyclic) bond motifs is 1. The zero-order valence-electron chi connectivity index (χ0n) is 11.7. The molecule has 3 N–H and O–H groups in total. The number of rotatable bonds is 3. The van der Waals surface area contributed by atoms with Gasteiger partial charge in [0.1, 0.15) is 0 Å². The number of nitrogens with one attached hydrogen (secondary N) is 1. The molecule has 0 aromatic carbocycles. The molecule has 2 aliphatic rings. The lowest BCUT2D eigenvalue weighted by molar-refractivity contribution is -0.131. The number of hydrazine groups is 1. The fourth-order valence-corrected chi connectivity index (χ4v) is 3.70. The third kappa shape index (κ3) is 2.86. The molecule has 0 aromatic rings. The van der Waals surface area contributed by atoms with E-state index in [9.17, 15) is 4.79 Å². The van der Waals surface area contributed by atoms with Crippen molar-refractivity contribution in [3.05, 3.63) is 0 Å². The molecule has 104 valence electrons. The van der Waals surface area contributed by atoms with Crippen LogP contribution in [0, 0.1) is 11.3 Å². The van der Waals surface area contributed by atoms with Gasteiger partial charge in [0.15, 0.2) is 0 Å². The molecule has 1 amide bonds. The van der Waals surface area contributed by atoms with Gasteiger partial charge in [0.25, 0.3) is 0 Å². The second kappa shape index (κ2) is 5.57. The van der Waals surface area contributed by atoms with E-state index >= 15 is 0 Å². The molecule has 0 bridgehead atoms. The fraction of sp³-hybridized carbons (Fsp3) is 0.929. The van der Waals surface area contributed by atoms with Gasteiger partial charge >= 0.3 is 0 Å². The van der Waals surface area contributed by atoms with Crippen molar-refractivity contribution in [1.29, 1.82) is 0 Å². The van der Waals surface area contributed by atoms with Gasteiger partial charge in [-0.1, -0.05) is 12.8 Å². The van der Waals surface area contributed by atoms with Gasteiger partial charge in [-0.05, 0) is 52.0 Å². The van der Waals surface area contributed by atoms with E-state index < -0.39 is 5.41 Å². The van der Waals surface area contributed by atoms with Crippen LogP contribution in [-0.2, 0) is 4.79 Å². The van der Waals surface area contributed by atoms with Gasteiger partial charge in [-0.25, -0.2) is 5.84 Å². The molecule has 2 atom stereocenters. The van der Waals surface area contributed by atoms with Crippen LogP contribution >= 0.6 is 0 Å². The van der Waals surface area contributed by atoms with E-state index in [1.807, 2.05) is 13.8 Å². The predicted molar refractivity (Wildman–Crippen MR) is 72.7 cm³/mol. The molecule has 2 rings (SSSR count). The predicted octanol–water partition coefficient (Wildman–Crippen LogP) is 1.66. The normalized spacial score (nSPS) is 29.7. The third-order valence-electron chi connectivity index (χ3n) is 4.70. The molecule has 4 heteroatoms. The summed E-state index contributed by atoms with van der Waals surface area (Å²) in [4.78, 5) is 14.3. The standard InChI is InChI=1S/C14H27N3O/c1-14(2,13(18)16-15)10-17-9-5-7-11-6-3-4-8-12(11)17/h11-12H,3-10,15H2,1-2H3,(H,16,18)/t11-,12-/m1/s1. The first-order valence-electron chi connectivity index (χ1n) is 7.30. The van der Waals surface area contributed by atoms with E-state index in [1.165, 1.54) is 38.5 Å². The van der Waals surface area contributed by atoms with Gasteiger partial charge < -0.3 is 0 Å². The molecule has 1 saturated carbocycles. The summed E-state index contributed by atoms with van der Waals surface area (Å²) in [6.45, 7) is 5.95. The summed E-state index contributed by atoms with van der Waals surface area (Å²) >= 11 is 0. The van der Waals surface area contributed by atoms with Crippen LogP contribution < -0.4 is 11.3 Å². The lowest BCUT2D eigenvalue weighted by Crippen LogP contribution is -2.53. The molecule has 1 heterocycles. The van der Waals surface area contributed by atoms with Crippen molar-refractivity contribution in [2.45, 2.75) is 58.4 Å². The molecular weight excluding hydrogens is 226 g/mol. The highest BCUT2D eigenvalue weighted by Gasteiger charge is 2.37. The van der Waals surface area contributed by atoms with Crippen molar-refractivity contribution in [2.75, 3.05) is 13.1 Å². The van der Waals surface area contributed by atoms with Crippen LogP contribution in [0.5, 0.6) is 0 Å². The van der Waals surface area contributed by atoms with Crippen LogP contribution in [0.3, 0.4) is 0 Å². The van der Waals surface area contributed by atoms with Gasteiger partial charge in [0.2, 0.25) is 5.91 Å². The topological polar surface area (TPSA) is 58.4 Å². The zero-order valence-corrected chi connectivity index (χ0v) is 11.7. The average molecular weight is 253 g/mol. The van der Waals surface area contributed by atoms with Crippen LogP contribution in [-0.4, -0.2) is 29.9 Å². The second-order valence-electron chi connectivity index (χ2n) is 6.58. The van der Waals surface area contributed by atoms with Crippen LogP contribution in [0.1, 0.15) is 52.4 Å². The summed E-state index contributed by atoms with van der Waals surface area (Å²) in [6, 6.07) is 0.706. The molecule has 0 unspecified atom stereocenters. The molecule has 0 radical (unpaired) electrons. The summed E-state index contributed by atoms with van der Waals surface area (Å²) in [7, 11) is 0. The van der Waals surface area contributed by atoms with E-state index in [1.54, 1.807) is 0 Å². The minimum Gasteiger partial charge on any atom is -0.299 e. The maximum atomic E-state index is 11.8. The Hall–Kier alpha value is -0.610. The van der Waals surface area contributed by atoms with E-state index in [-0.39, 0.29) is 5.91 Å². The summed E-state index contributed by atoms with van der Waals surface area (Å²) < 4.78 is 0. The Kier molecular flexibility index (Phi) is 4.28. The number of carbonyl (C=O) groups is 1. The Bertz CT molecular complexity index is 301. The minimum absolute atomic E-state index is 0.0552. The molecule has 0 spiro atoms. The maximum Gasteiger partial charge on any atom is 0.240 e. The molecule has 1 aliphatic carbocycles. The van der Waals surface area contributed by atoms with Crippen LogP contribution in [0.2, 0.25) is 0 Å². The van der Waals surface area contributed by atoms with Gasteiger partial charge in [-0.2, -0.15) is 0 Å².